The number of ether oxygens (including phenoxy) is 2. The Kier molecular flexibility index (Phi) is 6.25. The van der Waals surface area contributed by atoms with Gasteiger partial charge in [0.1, 0.15) is 0 Å². The predicted octanol–water partition coefficient (Wildman–Crippen LogP) is 3.74. The Morgan fingerprint density at radius 3 is 2.55 bits per heavy atom. The predicted molar refractivity (Wildman–Crippen MR) is 109 cm³/mol. The van der Waals surface area contributed by atoms with Crippen LogP contribution in [-0.2, 0) is 4.74 Å². The number of rotatable bonds is 6. The van der Waals surface area contributed by atoms with Crippen molar-refractivity contribution in [1.29, 1.82) is 0 Å². The maximum atomic E-state index is 12.2. The molecule has 0 aliphatic rings. The van der Waals surface area contributed by atoms with Crippen LogP contribution in [0.2, 0.25) is 0 Å². The number of carbonyl (C=O) groups excluding carboxylic acids is 2. The minimum Gasteiger partial charge on any atom is -0.504 e. The topological polar surface area (TPSA) is 123 Å². The van der Waals surface area contributed by atoms with Gasteiger partial charge in [0, 0.05) is 5.69 Å². The molecule has 150 valence electrons. The zero-order valence-electron chi connectivity index (χ0n) is 15.6. The van der Waals surface area contributed by atoms with E-state index in [1.54, 1.807) is 49.4 Å². The van der Waals surface area contributed by atoms with Crippen LogP contribution in [0, 0.1) is 0 Å². The molecule has 3 rings (SSSR count). The van der Waals surface area contributed by atoms with Crippen molar-refractivity contribution in [3.8, 4) is 22.1 Å². The minimum absolute atomic E-state index is 0.0520. The molecule has 0 aliphatic heterocycles. The van der Waals surface area contributed by atoms with Gasteiger partial charge in [0.15, 0.2) is 16.5 Å². The maximum absolute atomic E-state index is 12.2. The van der Waals surface area contributed by atoms with E-state index in [1.807, 2.05) is 0 Å². The molecule has 0 unspecified atom stereocenters. The van der Waals surface area contributed by atoms with E-state index in [4.69, 9.17) is 9.47 Å². The Morgan fingerprint density at radius 2 is 1.86 bits per heavy atom. The van der Waals surface area contributed by atoms with Crippen LogP contribution in [0.4, 0.5) is 15.6 Å². The molecule has 29 heavy (non-hydrogen) atoms. The number of phenolic OH excluding ortho intramolecular Hbond substituents is 1. The standard InChI is InChI=1S/C19H18N4O5S/c1-3-28-17(25)11-7-9-12(10-8-11)20-18(26)21-19-23-22-16(29-19)13-5-4-6-14(27-2)15(13)24/h4-10,24H,3H2,1-2H3,(H2,20,21,23,26). The quantitative estimate of drug-likeness (QED) is 0.525. The summed E-state index contributed by atoms with van der Waals surface area (Å²) in [5.41, 5.74) is 1.33. The second kappa shape index (κ2) is 9.02. The Hall–Kier alpha value is -3.66. The number of nitrogens with one attached hydrogen (secondary N) is 2. The molecule has 3 aromatic rings. The first-order chi connectivity index (χ1) is 14.0. The van der Waals surface area contributed by atoms with Gasteiger partial charge in [-0.2, -0.15) is 0 Å². The monoisotopic (exact) mass is 414 g/mol. The maximum Gasteiger partial charge on any atom is 0.338 e. The lowest BCUT2D eigenvalue weighted by atomic mass is 10.2. The van der Waals surface area contributed by atoms with Crippen molar-refractivity contribution in [2.24, 2.45) is 0 Å². The van der Waals surface area contributed by atoms with Gasteiger partial charge in [0.05, 0.1) is 24.8 Å². The third-order valence-electron chi connectivity index (χ3n) is 3.75. The van der Waals surface area contributed by atoms with Crippen LogP contribution >= 0.6 is 11.3 Å². The third kappa shape index (κ3) is 4.79. The number of hydrogen-bond acceptors (Lipinski definition) is 8. The highest BCUT2D eigenvalue weighted by Crippen LogP contribution is 2.38. The van der Waals surface area contributed by atoms with Gasteiger partial charge in [0.25, 0.3) is 0 Å². The molecular formula is C19H18N4O5S. The van der Waals surface area contributed by atoms with Crippen molar-refractivity contribution in [3.63, 3.8) is 0 Å². The van der Waals surface area contributed by atoms with Crippen LogP contribution in [0.15, 0.2) is 42.5 Å². The fourth-order valence-electron chi connectivity index (χ4n) is 2.41. The molecule has 0 bridgehead atoms. The Balaban J connectivity index is 1.64. The van der Waals surface area contributed by atoms with E-state index < -0.39 is 12.0 Å². The first-order valence-corrected chi connectivity index (χ1v) is 9.38. The van der Waals surface area contributed by atoms with Gasteiger partial charge in [-0.1, -0.05) is 17.4 Å². The van der Waals surface area contributed by atoms with Gasteiger partial charge >= 0.3 is 12.0 Å². The summed E-state index contributed by atoms with van der Waals surface area (Å²) >= 11 is 1.10. The van der Waals surface area contributed by atoms with Crippen molar-refractivity contribution < 1.29 is 24.2 Å². The van der Waals surface area contributed by atoms with Gasteiger partial charge < -0.3 is 19.9 Å². The summed E-state index contributed by atoms with van der Waals surface area (Å²) in [5.74, 6) is -0.161. The van der Waals surface area contributed by atoms with Crippen molar-refractivity contribution in [1.82, 2.24) is 10.2 Å². The smallest absolute Gasteiger partial charge is 0.338 e. The number of aromatic hydroxyl groups is 1. The second-order valence-corrected chi connectivity index (χ2v) is 6.62. The Bertz CT molecular complexity index is 1020. The number of amides is 2. The fourth-order valence-corrected chi connectivity index (χ4v) is 3.17. The summed E-state index contributed by atoms with van der Waals surface area (Å²) in [7, 11) is 1.45. The number of nitrogens with zero attached hydrogens (tertiary/aromatic N) is 2. The van der Waals surface area contributed by atoms with Crippen molar-refractivity contribution in [2.75, 3.05) is 24.4 Å². The lowest BCUT2D eigenvalue weighted by Crippen LogP contribution is -2.19. The Morgan fingerprint density at radius 1 is 1.10 bits per heavy atom. The van der Waals surface area contributed by atoms with Gasteiger partial charge in [-0.25, -0.2) is 9.59 Å². The van der Waals surface area contributed by atoms with E-state index in [1.165, 1.54) is 7.11 Å². The van der Waals surface area contributed by atoms with Gasteiger partial charge in [-0.3, -0.25) is 5.32 Å². The van der Waals surface area contributed by atoms with E-state index in [2.05, 4.69) is 20.8 Å². The molecule has 2 amide bonds. The zero-order chi connectivity index (χ0) is 20.8. The molecule has 1 heterocycles. The number of hydrogen-bond donors (Lipinski definition) is 3. The molecule has 3 N–H and O–H groups in total. The van der Waals surface area contributed by atoms with E-state index in [9.17, 15) is 14.7 Å². The van der Waals surface area contributed by atoms with Crippen LogP contribution in [0.3, 0.4) is 0 Å². The minimum atomic E-state index is -0.522. The summed E-state index contributed by atoms with van der Waals surface area (Å²) in [4.78, 5) is 23.8. The summed E-state index contributed by atoms with van der Waals surface area (Å²) in [6.07, 6.45) is 0. The number of para-hydroxylation sites is 1. The molecular weight excluding hydrogens is 396 g/mol. The molecule has 0 radical (unpaired) electrons. The highest BCUT2D eigenvalue weighted by molar-refractivity contribution is 7.18. The highest BCUT2D eigenvalue weighted by Gasteiger charge is 2.15. The fraction of sp³-hybridized carbons (Fsp3) is 0.158. The first kappa shape index (κ1) is 20.1. The number of phenols is 1. The SMILES string of the molecule is CCOC(=O)c1ccc(NC(=O)Nc2nnc(-c3cccc(OC)c3O)s2)cc1. The average Bonchev–Trinajstić information content (AvgIpc) is 3.17. The van der Waals surface area contributed by atoms with Gasteiger partial charge in [-0.05, 0) is 43.3 Å². The average molecular weight is 414 g/mol. The number of methoxy groups -OCH3 is 1. The van der Waals surface area contributed by atoms with Crippen LogP contribution in [0.1, 0.15) is 17.3 Å². The lowest BCUT2D eigenvalue weighted by Gasteiger charge is -2.06. The first-order valence-electron chi connectivity index (χ1n) is 8.56. The van der Waals surface area contributed by atoms with Crippen LogP contribution in [-0.4, -0.2) is 41.0 Å². The third-order valence-corrected chi connectivity index (χ3v) is 4.62. The summed E-state index contributed by atoms with van der Waals surface area (Å²) in [6, 6.07) is 10.8. The van der Waals surface area contributed by atoms with Crippen LogP contribution in [0.25, 0.3) is 10.6 Å². The number of carbonyl (C=O) groups is 2. The lowest BCUT2D eigenvalue weighted by molar-refractivity contribution is 0.0526. The molecule has 0 spiro atoms. The van der Waals surface area contributed by atoms with Gasteiger partial charge in [-0.15, -0.1) is 10.2 Å². The summed E-state index contributed by atoms with van der Waals surface area (Å²) in [6.45, 7) is 2.02. The summed E-state index contributed by atoms with van der Waals surface area (Å²) in [5, 5.41) is 24.0. The molecule has 2 aromatic carbocycles. The number of urea groups is 1. The van der Waals surface area contributed by atoms with E-state index in [0.29, 0.717) is 34.2 Å². The molecule has 0 saturated heterocycles. The largest absolute Gasteiger partial charge is 0.504 e. The normalized spacial score (nSPS) is 10.3. The molecule has 0 atom stereocenters. The van der Waals surface area contributed by atoms with E-state index in [-0.39, 0.29) is 10.9 Å². The molecule has 0 aliphatic carbocycles. The molecule has 9 nitrogen and oxygen atoms in total. The molecule has 10 heteroatoms. The van der Waals surface area contributed by atoms with Crippen LogP contribution in [0.5, 0.6) is 11.5 Å². The number of aromatic nitrogens is 2. The van der Waals surface area contributed by atoms with E-state index >= 15 is 0 Å². The number of esters is 1. The van der Waals surface area contributed by atoms with Crippen molar-refractivity contribution in [2.45, 2.75) is 6.92 Å². The van der Waals surface area contributed by atoms with Crippen molar-refractivity contribution >= 4 is 34.2 Å². The zero-order valence-corrected chi connectivity index (χ0v) is 16.4. The van der Waals surface area contributed by atoms with Crippen LogP contribution < -0.4 is 15.4 Å². The number of anilines is 2. The van der Waals surface area contributed by atoms with Crippen molar-refractivity contribution in [3.05, 3.63) is 48.0 Å². The number of benzene rings is 2. The highest BCUT2D eigenvalue weighted by atomic mass is 32.1. The van der Waals surface area contributed by atoms with Gasteiger partial charge in [0.2, 0.25) is 5.13 Å². The molecule has 0 fully saturated rings. The molecule has 1 aromatic heterocycles. The van der Waals surface area contributed by atoms with E-state index in [0.717, 1.165) is 11.3 Å². The Labute approximate surface area is 170 Å². The molecule has 0 saturated carbocycles. The summed E-state index contributed by atoms with van der Waals surface area (Å²) < 4.78 is 9.99. The second-order valence-electron chi connectivity index (χ2n) is 5.65.